The summed E-state index contributed by atoms with van der Waals surface area (Å²) in [6, 6.07) is 14.7. The van der Waals surface area contributed by atoms with Crippen LogP contribution in [0.5, 0.6) is 0 Å². The van der Waals surface area contributed by atoms with Crippen LogP contribution >= 0.6 is 0 Å². The van der Waals surface area contributed by atoms with E-state index in [1.807, 2.05) is 30.1 Å². The Labute approximate surface area is 172 Å². The molecule has 1 aromatic heterocycles. The molecule has 5 heteroatoms. The maximum Gasteiger partial charge on any atom is 0.227 e. The molecule has 1 aliphatic heterocycles. The highest BCUT2D eigenvalue weighted by molar-refractivity contribution is 5.81. The first-order valence-electron chi connectivity index (χ1n) is 10.6. The van der Waals surface area contributed by atoms with Crippen molar-refractivity contribution in [3.63, 3.8) is 0 Å². The molecule has 29 heavy (non-hydrogen) atoms. The standard InChI is InChI=1S/C24H30N4O/c1-4-13-27(3)24(29)18-8-7-14-28(16-18)19-12-11-17(2)20(15-19)23-25-21-9-5-6-10-22(21)26-23/h5-6,9-12,15,18H,4,7-8,13-14,16H2,1-3H3,(H,25,26). The molecular formula is C24H30N4O. The summed E-state index contributed by atoms with van der Waals surface area (Å²) >= 11 is 0. The van der Waals surface area contributed by atoms with Gasteiger partial charge in [0.2, 0.25) is 5.91 Å². The van der Waals surface area contributed by atoms with E-state index >= 15 is 0 Å². The number of hydrogen-bond acceptors (Lipinski definition) is 3. The number of amides is 1. The van der Waals surface area contributed by atoms with Gasteiger partial charge in [-0.1, -0.05) is 25.1 Å². The monoisotopic (exact) mass is 390 g/mol. The highest BCUT2D eigenvalue weighted by Gasteiger charge is 2.28. The molecule has 1 N–H and O–H groups in total. The molecule has 0 bridgehead atoms. The Morgan fingerprint density at radius 1 is 1.28 bits per heavy atom. The highest BCUT2D eigenvalue weighted by atomic mass is 16.2. The topological polar surface area (TPSA) is 52.2 Å². The van der Waals surface area contributed by atoms with Crippen molar-refractivity contribution in [1.29, 1.82) is 0 Å². The summed E-state index contributed by atoms with van der Waals surface area (Å²) in [6.07, 6.45) is 3.02. The van der Waals surface area contributed by atoms with Crippen LogP contribution in [0.3, 0.4) is 0 Å². The van der Waals surface area contributed by atoms with Crippen molar-refractivity contribution < 1.29 is 4.79 Å². The van der Waals surface area contributed by atoms with E-state index in [9.17, 15) is 4.79 Å². The van der Waals surface area contributed by atoms with Gasteiger partial charge in [-0.15, -0.1) is 0 Å². The molecule has 0 saturated carbocycles. The van der Waals surface area contributed by atoms with Crippen molar-refractivity contribution >= 4 is 22.6 Å². The number of aromatic amines is 1. The van der Waals surface area contributed by atoms with E-state index < -0.39 is 0 Å². The number of rotatable bonds is 5. The predicted molar refractivity (Wildman–Crippen MR) is 119 cm³/mol. The summed E-state index contributed by atoms with van der Waals surface area (Å²) in [5, 5.41) is 0. The number of aromatic nitrogens is 2. The van der Waals surface area contributed by atoms with Crippen LogP contribution in [0.2, 0.25) is 0 Å². The number of carbonyl (C=O) groups is 1. The quantitative estimate of drug-likeness (QED) is 0.691. The third-order valence-electron chi connectivity index (χ3n) is 5.94. The van der Waals surface area contributed by atoms with Crippen LogP contribution in [-0.4, -0.2) is 47.5 Å². The summed E-state index contributed by atoms with van der Waals surface area (Å²) in [5.74, 6) is 1.26. The van der Waals surface area contributed by atoms with Crippen molar-refractivity contribution in [2.24, 2.45) is 5.92 Å². The van der Waals surface area contributed by atoms with E-state index in [1.54, 1.807) is 0 Å². The Kier molecular flexibility index (Phi) is 5.56. The molecule has 4 rings (SSSR count). The fourth-order valence-corrected chi connectivity index (χ4v) is 4.31. The first-order chi connectivity index (χ1) is 14.1. The lowest BCUT2D eigenvalue weighted by Crippen LogP contribution is -2.44. The molecule has 5 nitrogen and oxygen atoms in total. The van der Waals surface area contributed by atoms with Crippen LogP contribution in [0.25, 0.3) is 22.4 Å². The van der Waals surface area contributed by atoms with Crippen molar-refractivity contribution in [3.05, 3.63) is 48.0 Å². The minimum absolute atomic E-state index is 0.0799. The number of nitrogens with one attached hydrogen (secondary N) is 1. The summed E-state index contributed by atoms with van der Waals surface area (Å²) in [7, 11) is 1.93. The molecule has 0 radical (unpaired) electrons. The Morgan fingerprint density at radius 2 is 2.10 bits per heavy atom. The normalized spacial score (nSPS) is 16.9. The average Bonchev–Trinajstić information content (AvgIpc) is 3.18. The Bertz CT molecular complexity index is 976. The molecule has 1 saturated heterocycles. The zero-order valence-corrected chi connectivity index (χ0v) is 17.6. The molecular weight excluding hydrogens is 360 g/mol. The van der Waals surface area contributed by atoms with Crippen molar-refractivity contribution in [3.8, 4) is 11.4 Å². The Morgan fingerprint density at radius 3 is 2.90 bits per heavy atom. The first kappa shape index (κ1) is 19.5. The zero-order valence-electron chi connectivity index (χ0n) is 17.6. The lowest BCUT2D eigenvalue weighted by atomic mass is 9.95. The summed E-state index contributed by atoms with van der Waals surface area (Å²) in [6.45, 7) is 6.84. The number of fused-ring (bicyclic) bond motifs is 1. The third-order valence-corrected chi connectivity index (χ3v) is 5.94. The number of para-hydroxylation sites is 2. The second-order valence-corrected chi connectivity index (χ2v) is 8.15. The minimum Gasteiger partial charge on any atom is -0.371 e. The molecule has 2 heterocycles. The summed E-state index contributed by atoms with van der Waals surface area (Å²) in [4.78, 5) is 25.3. The lowest BCUT2D eigenvalue weighted by Gasteiger charge is -2.35. The molecule has 2 aromatic carbocycles. The summed E-state index contributed by atoms with van der Waals surface area (Å²) in [5.41, 5.74) is 5.52. The van der Waals surface area contributed by atoms with Crippen LogP contribution in [0.15, 0.2) is 42.5 Å². The van der Waals surface area contributed by atoms with Gasteiger partial charge in [0.1, 0.15) is 5.82 Å². The van der Waals surface area contributed by atoms with Crippen molar-refractivity contribution in [2.75, 3.05) is 31.6 Å². The third kappa shape index (κ3) is 4.00. The van der Waals surface area contributed by atoms with E-state index in [-0.39, 0.29) is 11.8 Å². The van der Waals surface area contributed by atoms with Gasteiger partial charge in [-0.2, -0.15) is 0 Å². The number of aryl methyl sites for hydroxylation is 1. The van der Waals surface area contributed by atoms with E-state index in [1.165, 1.54) is 11.3 Å². The number of piperidine rings is 1. The molecule has 1 aliphatic rings. The van der Waals surface area contributed by atoms with E-state index in [2.05, 4.69) is 48.0 Å². The van der Waals surface area contributed by atoms with Gasteiger partial charge in [-0.05, 0) is 56.0 Å². The smallest absolute Gasteiger partial charge is 0.227 e. The van der Waals surface area contributed by atoms with Gasteiger partial charge in [0.15, 0.2) is 0 Å². The maximum absolute atomic E-state index is 12.8. The van der Waals surface area contributed by atoms with E-state index in [0.29, 0.717) is 0 Å². The predicted octanol–water partition coefficient (Wildman–Crippen LogP) is 4.62. The SMILES string of the molecule is CCCN(C)C(=O)C1CCCN(c2ccc(C)c(-c3nc4ccccc4[nH]3)c2)C1. The molecule has 1 atom stereocenters. The molecule has 1 unspecified atom stereocenters. The summed E-state index contributed by atoms with van der Waals surface area (Å²) < 4.78 is 0. The van der Waals surface area contributed by atoms with Gasteiger partial charge >= 0.3 is 0 Å². The number of imidazole rings is 1. The minimum atomic E-state index is 0.0799. The number of H-pyrrole nitrogens is 1. The first-order valence-corrected chi connectivity index (χ1v) is 10.6. The van der Waals surface area contributed by atoms with Gasteiger partial charge < -0.3 is 14.8 Å². The average molecular weight is 391 g/mol. The Balaban J connectivity index is 1.59. The van der Waals surface area contributed by atoms with Crippen molar-refractivity contribution in [2.45, 2.75) is 33.1 Å². The fourth-order valence-electron chi connectivity index (χ4n) is 4.31. The van der Waals surface area contributed by atoms with Gasteiger partial charge in [0.05, 0.1) is 17.0 Å². The molecule has 1 amide bonds. The van der Waals surface area contributed by atoms with Gasteiger partial charge in [0.25, 0.3) is 0 Å². The molecule has 0 spiro atoms. The number of hydrogen-bond donors (Lipinski definition) is 1. The molecule has 1 fully saturated rings. The second kappa shape index (κ2) is 8.27. The van der Waals surface area contributed by atoms with Gasteiger partial charge in [-0.25, -0.2) is 4.98 Å². The maximum atomic E-state index is 12.8. The molecule has 0 aliphatic carbocycles. The van der Waals surface area contributed by atoms with E-state index in [0.717, 1.165) is 61.3 Å². The van der Waals surface area contributed by atoms with Crippen LogP contribution in [0, 0.1) is 12.8 Å². The van der Waals surface area contributed by atoms with E-state index in [4.69, 9.17) is 4.98 Å². The fraction of sp³-hybridized carbons (Fsp3) is 0.417. The van der Waals surface area contributed by atoms with Gasteiger partial charge in [-0.3, -0.25) is 4.79 Å². The number of anilines is 1. The second-order valence-electron chi connectivity index (χ2n) is 8.15. The highest BCUT2D eigenvalue weighted by Crippen LogP contribution is 2.30. The number of nitrogens with zero attached hydrogens (tertiary/aromatic N) is 3. The van der Waals surface area contributed by atoms with Crippen LogP contribution in [0.1, 0.15) is 31.7 Å². The van der Waals surface area contributed by atoms with Crippen molar-refractivity contribution in [1.82, 2.24) is 14.9 Å². The van der Waals surface area contributed by atoms with Gasteiger partial charge in [0, 0.05) is 37.9 Å². The largest absolute Gasteiger partial charge is 0.371 e. The Hall–Kier alpha value is -2.82. The molecule has 152 valence electrons. The van der Waals surface area contributed by atoms with Crippen LogP contribution in [-0.2, 0) is 4.79 Å². The van der Waals surface area contributed by atoms with Crippen LogP contribution < -0.4 is 4.90 Å². The lowest BCUT2D eigenvalue weighted by molar-refractivity contribution is -0.134. The zero-order chi connectivity index (χ0) is 20.4. The number of benzene rings is 2. The van der Waals surface area contributed by atoms with Crippen LogP contribution in [0.4, 0.5) is 5.69 Å². The molecule has 3 aromatic rings. The number of carbonyl (C=O) groups excluding carboxylic acids is 1.